The minimum atomic E-state index is -4.10. The number of carbonyl (C=O) groups excluding carboxylic acids is 2. The lowest BCUT2D eigenvalue weighted by Crippen LogP contribution is -2.45. The molecule has 0 unspecified atom stereocenters. The maximum absolute atomic E-state index is 13.2. The number of rotatable bonds is 8. The van der Waals surface area contributed by atoms with E-state index < -0.39 is 46.3 Å². The van der Waals surface area contributed by atoms with E-state index in [1.165, 1.54) is 36.4 Å². The van der Waals surface area contributed by atoms with E-state index in [1.54, 1.807) is 13.8 Å². The highest BCUT2D eigenvalue weighted by Gasteiger charge is 2.31. The molecule has 0 saturated carbocycles. The van der Waals surface area contributed by atoms with Crippen LogP contribution in [0.15, 0.2) is 47.4 Å². The highest BCUT2D eigenvalue weighted by molar-refractivity contribution is 7.89. The Balaban J connectivity index is 1.64. The largest absolute Gasteiger partial charge is 0.486 e. The highest BCUT2D eigenvalue weighted by atomic mass is 32.2. The molecule has 0 aromatic heterocycles. The summed E-state index contributed by atoms with van der Waals surface area (Å²) in [5.41, 5.74) is 0.200. The van der Waals surface area contributed by atoms with Gasteiger partial charge in [0.15, 0.2) is 18.1 Å². The number of hydrogen-bond acceptors (Lipinski definition) is 7. The first kappa shape index (κ1) is 23.5. The van der Waals surface area contributed by atoms with Gasteiger partial charge in [-0.25, -0.2) is 12.8 Å². The van der Waals surface area contributed by atoms with Crippen molar-refractivity contribution in [2.75, 3.05) is 25.1 Å². The van der Waals surface area contributed by atoms with Crippen LogP contribution in [0.25, 0.3) is 0 Å². The van der Waals surface area contributed by atoms with Crippen molar-refractivity contribution >= 4 is 27.6 Å². The van der Waals surface area contributed by atoms with Crippen molar-refractivity contribution in [2.24, 2.45) is 5.92 Å². The second-order valence-corrected chi connectivity index (χ2v) is 9.03. The molecule has 2 aromatic rings. The fraction of sp³-hybridized carbons (Fsp3) is 0.333. The zero-order valence-electron chi connectivity index (χ0n) is 17.5. The predicted octanol–water partition coefficient (Wildman–Crippen LogP) is 2.08. The monoisotopic (exact) mass is 466 g/mol. The molecule has 1 atom stereocenters. The van der Waals surface area contributed by atoms with Crippen LogP contribution in [0.5, 0.6) is 11.5 Å². The summed E-state index contributed by atoms with van der Waals surface area (Å²) < 4.78 is 56.9. The van der Waals surface area contributed by atoms with E-state index in [-0.39, 0.29) is 16.3 Å². The molecule has 9 nitrogen and oxygen atoms in total. The van der Waals surface area contributed by atoms with Gasteiger partial charge in [0.05, 0.1) is 4.90 Å². The van der Waals surface area contributed by atoms with Crippen LogP contribution in [0, 0.1) is 11.7 Å². The summed E-state index contributed by atoms with van der Waals surface area (Å²) in [5, 5.41) is 2.39. The quantitative estimate of drug-likeness (QED) is 0.572. The van der Waals surface area contributed by atoms with Gasteiger partial charge in [-0.2, -0.15) is 4.72 Å². The summed E-state index contributed by atoms with van der Waals surface area (Å²) >= 11 is 0. The maximum Gasteiger partial charge on any atom is 0.324 e. The van der Waals surface area contributed by atoms with Gasteiger partial charge in [0.25, 0.3) is 5.91 Å². The molecule has 3 rings (SSSR count). The number of ether oxygens (including phenoxy) is 3. The highest BCUT2D eigenvalue weighted by Crippen LogP contribution is 2.32. The first-order valence-corrected chi connectivity index (χ1v) is 11.3. The van der Waals surface area contributed by atoms with E-state index in [4.69, 9.17) is 14.2 Å². The first-order valence-electron chi connectivity index (χ1n) is 9.80. The average molecular weight is 466 g/mol. The number of benzene rings is 2. The Labute approximate surface area is 184 Å². The smallest absolute Gasteiger partial charge is 0.324 e. The van der Waals surface area contributed by atoms with Gasteiger partial charge in [-0.1, -0.05) is 19.9 Å². The summed E-state index contributed by atoms with van der Waals surface area (Å²) in [4.78, 5) is 24.4. The van der Waals surface area contributed by atoms with Gasteiger partial charge in [-0.05, 0) is 36.2 Å². The van der Waals surface area contributed by atoms with Crippen molar-refractivity contribution < 1.29 is 36.6 Å². The molecule has 32 heavy (non-hydrogen) atoms. The van der Waals surface area contributed by atoms with Crippen molar-refractivity contribution in [1.82, 2.24) is 4.72 Å². The van der Waals surface area contributed by atoms with Gasteiger partial charge in [0, 0.05) is 11.8 Å². The Morgan fingerprint density at radius 2 is 1.81 bits per heavy atom. The van der Waals surface area contributed by atoms with Gasteiger partial charge in [0.1, 0.15) is 25.1 Å². The first-order chi connectivity index (χ1) is 15.2. The summed E-state index contributed by atoms with van der Waals surface area (Å²) in [5.74, 6) is -1.90. The second kappa shape index (κ2) is 9.96. The van der Waals surface area contributed by atoms with Crippen LogP contribution in [-0.2, 0) is 24.3 Å². The lowest BCUT2D eigenvalue weighted by Gasteiger charge is -2.22. The SMILES string of the molecule is CC(C)[C@@H](NS(=O)(=O)c1ccc2c(c1)OCCO2)C(=O)OCC(=O)Nc1cccc(F)c1. The Morgan fingerprint density at radius 3 is 2.50 bits per heavy atom. The third kappa shape index (κ3) is 5.95. The molecule has 2 N–H and O–H groups in total. The number of sulfonamides is 1. The molecule has 0 bridgehead atoms. The van der Waals surface area contributed by atoms with E-state index >= 15 is 0 Å². The normalized spacial score (nSPS) is 14.0. The summed E-state index contributed by atoms with van der Waals surface area (Å²) in [6.45, 7) is 3.26. The molecule has 0 aliphatic carbocycles. The average Bonchev–Trinajstić information content (AvgIpc) is 2.75. The predicted molar refractivity (Wildman–Crippen MR) is 112 cm³/mol. The van der Waals surface area contributed by atoms with Crippen LogP contribution < -0.4 is 19.5 Å². The minimum absolute atomic E-state index is 0.107. The van der Waals surface area contributed by atoms with Crippen molar-refractivity contribution in [3.63, 3.8) is 0 Å². The lowest BCUT2D eigenvalue weighted by atomic mass is 10.1. The topological polar surface area (TPSA) is 120 Å². The zero-order valence-corrected chi connectivity index (χ0v) is 18.3. The Hall–Kier alpha value is -3.18. The number of anilines is 1. The molecule has 1 aliphatic heterocycles. The van der Waals surface area contributed by atoms with Crippen LogP contribution in [0.4, 0.5) is 10.1 Å². The molecule has 1 aliphatic rings. The molecule has 1 heterocycles. The van der Waals surface area contributed by atoms with Crippen molar-refractivity contribution in [1.29, 1.82) is 0 Å². The van der Waals surface area contributed by atoms with E-state index in [0.717, 1.165) is 6.07 Å². The minimum Gasteiger partial charge on any atom is -0.486 e. The van der Waals surface area contributed by atoms with Gasteiger partial charge < -0.3 is 19.5 Å². The van der Waals surface area contributed by atoms with E-state index in [2.05, 4.69) is 10.0 Å². The zero-order chi connectivity index (χ0) is 23.3. The Morgan fingerprint density at radius 1 is 1.09 bits per heavy atom. The summed E-state index contributed by atoms with van der Waals surface area (Å²) in [6.07, 6.45) is 0. The molecule has 2 aromatic carbocycles. The maximum atomic E-state index is 13.2. The molecular formula is C21H23FN2O7S. The molecule has 0 saturated heterocycles. The van der Waals surface area contributed by atoms with Crippen LogP contribution in [0.2, 0.25) is 0 Å². The van der Waals surface area contributed by atoms with E-state index in [9.17, 15) is 22.4 Å². The third-order valence-electron chi connectivity index (χ3n) is 4.48. The summed E-state index contributed by atoms with van der Waals surface area (Å²) in [7, 11) is -4.10. The number of nitrogens with one attached hydrogen (secondary N) is 2. The number of fused-ring (bicyclic) bond motifs is 1. The van der Waals surface area contributed by atoms with Crippen molar-refractivity contribution in [2.45, 2.75) is 24.8 Å². The van der Waals surface area contributed by atoms with Crippen molar-refractivity contribution in [3.8, 4) is 11.5 Å². The van der Waals surface area contributed by atoms with Gasteiger partial charge in [-0.15, -0.1) is 0 Å². The Kier molecular flexibility index (Phi) is 7.31. The van der Waals surface area contributed by atoms with Crippen molar-refractivity contribution in [3.05, 3.63) is 48.3 Å². The van der Waals surface area contributed by atoms with Crippen LogP contribution >= 0.6 is 0 Å². The van der Waals surface area contributed by atoms with E-state index in [1.807, 2.05) is 0 Å². The third-order valence-corrected chi connectivity index (χ3v) is 5.92. The standard InChI is InChI=1S/C21H23FN2O7S/c1-13(2)20(21(26)31-12-19(25)23-15-5-3-4-14(22)10-15)24-32(27,28)16-6-7-17-18(11-16)30-9-8-29-17/h3-7,10-11,13,20,24H,8-9,12H2,1-2H3,(H,23,25)/t20-/m1/s1. The number of halogens is 1. The van der Waals surface area contributed by atoms with Crippen LogP contribution in [0.3, 0.4) is 0 Å². The molecule has 172 valence electrons. The Bertz CT molecular complexity index is 1110. The van der Waals surface area contributed by atoms with Gasteiger partial charge in [0.2, 0.25) is 10.0 Å². The number of esters is 1. The fourth-order valence-corrected chi connectivity index (χ4v) is 4.22. The molecule has 1 amide bonds. The molecule has 0 radical (unpaired) electrons. The fourth-order valence-electron chi connectivity index (χ4n) is 2.87. The van der Waals surface area contributed by atoms with Gasteiger partial charge >= 0.3 is 5.97 Å². The van der Waals surface area contributed by atoms with E-state index in [0.29, 0.717) is 19.0 Å². The second-order valence-electron chi connectivity index (χ2n) is 7.31. The summed E-state index contributed by atoms with van der Waals surface area (Å²) in [6, 6.07) is 8.10. The number of amides is 1. The number of carbonyl (C=O) groups is 2. The molecular weight excluding hydrogens is 443 g/mol. The van der Waals surface area contributed by atoms with Crippen LogP contribution in [-0.4, -0.2) is 46.2 Å². The van der Waals surface area contributed by atoms with Crippen LogP contribution in [0.1, 0.15) is 13.8 Å². The number of hydrogen-bond donors (Lipinski definition) is 2. The molecule has 0 spiro atoms. The van der Waals surface area contributed by atoms with Gasteiger partial charge in [-0.3, -0.25) is 9.59 Å². The lowest BCUT2D eigenvalue weighted by molar-refractivity contribution is -0.150. The molecule has 11 heteroatoms. The molecule has 0 fully saturated rings.